The highest BCUT2D eigenvalue weighted by Crippen LogP contribution is 2.34. The van der Waals surface area contributed by atoms with Gasteiger partial charge in [-0.2, -0.15) is 0 Å². The van der Waals surface area contributed by atoms with Gasteiger partial charge in [-0.1, -0.05) is 48.0 Å². The average molecular weight is 487 g/mol. The van der Waals surface area contributed by atoms with Crippen LogP contribution in [0.15, 0.2) is 78.9 Å². The number of hydrogen-bond acceptors (Lipinski definition) is 3. The van der Waals surface area contributed by atoms with Gasteiger partial charge in [0.15, 0.2) is 0 Å². The van der Waals surface area contributed by atoms with E-state index in [1.54, 1.807) is 17.0 Å². The number of halogens is 1. The predicted octanol–water partition coefficient (Wildman–Crippen LogP) is 5.65. The van der Waals surface area contributed by atoms with Crippen LogP contribution in [0.1, 0.15) is 32.0 Å². The first-order valence-corrected chi connectivity index (χ1v) is 12.2. The predicted molar refractivity (Wildman–Crippen MR) is 140 cm³/mol. The van der Waals surface area contributed by atoms with Crippen molar-refractivity contribution in [2.24, 2.45) is 0 Å². The summed E-state index contributed by atoms with van der Waals surface area (Å²) in [6, 6.07) is 24.8. The molecule has 0 bridgehead atoms. The van der Waals surface area contributed by atoms with Gasteiger partial charge in [-0.3, -0.25) is 9.59 Å². The Balaban J connectivity index is 1.50. The van der Waals surface area contributed by atoms with Gasteiger partial charge >= 0.3 is 0 Å². The molecular weight excluding hydrogens is 460 g/mol. The summed E-state index contributed by atoms with van der Waals surface area (Å²) in [7, 11) is 0. The molecule has 1 fully saturated rings. The molecule has 4 aromatic rings. The van der Waals surface area contributed by atoms with Crippen molar-refractivity contribution in [3.63, 3.8) is 0 Å². The Morgan fingerprint density at radius 3 is 2.54 bits per heavy atom. The first-order valence-electron chi connectivity index (χ1n) is 11.8. The lowest BCUT2D eigenvalue weighted by molar-refractivity contribution is -0.119. The Hall–Kier alpha value is -3.64. The van der Waals surface area contributed by atoms with Crippen molar-refractivity contribution in [1.29, 1.82) is 0 Å². The van der Waals surface area contributed by atoms with Crippen molar-refractivity contribution < 1.29 is 9.59 Å². The molecule has 2 amide bonds. The van der Waals surface area contributed by atoms with Crippen molar-refractivity contribution in [2.45, 2.75) is 38.8 Å². The molecule has 0 saturated carbocycles. The number of imidazole rings is 1. The molecule has 3 aromatic carbocycles. The molecule has 6 nitrogen and oxygen atoms in total. The second-order valence-electron chi connectivity index (χ2n) is 9.12. The molecule has 1 saturated heterocycles. The van der Waals surface area contributed by atoms with E-state index in [1.807, 2.05) is 90.0 Å². The summed E-state index contributed by atoms with van der Waals surface area (Å²) in [6.07, 6.45) is 0.330. The molecule has 35 heavy (non-hydrogen) atoms. The molecule has 0 aliphatic carbocycles. The summed E-state index contributed by atoms with van der Waals surface area (Å²) >= 11 is 6.17. The highest BCUT2D eigenvalue weighted by Gasteiger charge is 2.35. The number of aromatic nitrogens is 2. The van der Waals surface area contributed by atoms with Crippen LogP contribution in [0.5, 0.6) is 0 Å². The lowest BCUT2D eigenvalue weighted by Gasteiger charge is -2.27. The number of para-hydroxylation sites is 3. The zero-order chi connectivity index (χ0) is 24.5. The Kier molecular flexibility index (Phi) is 6.31. The van der Waals surface area contributed by atoms with Crippen molar-refractivity contribution in [3.05, 3.63) is 89.7 Å². The summed E-state index contributed by atoms with van der Waals surface area (Å²) in [5.41, 5.74) is 3.35. The summed E-state index contributed by atoms with van der Waals surface area (Å²) in [5.74, 6) is 0.627. The summed E-state index contributed by atoms with van der Waals surface area (Å²) in [6.45, 7) is 4.65. The molecule has 1 aromatic heterocycles. The van der Waals surface area contributed by atoms with Gasteiger partial charge in [0.2, 0.25) is 11.8 Å². The standard InChI is InChI=1S/C28H27ClN4O2/c1-19(2)33(22-10-4-3-5-11-22)27(35)18-32-25-14-7-6-13-24(25)30-28(32)20-15-26(34)31(17-20)23-12-8-9-21(29)16-23/h3-14,16,19-20H,15,17-18H2,1-2H3. The van der Waals surface area contributed by atoms with Gasteiger partial charge in [0.25, 0.3) is 0 Å². The normalized spacial score (nSPS) is 15.8. The molecule has 1 atom stereocenters. The summed E-state index contributed by atoms with van der Waals surface area (Å²) in [5, 5.41) is 0.589. The van der Waals surface area contributed by atoms with Crippen LogP contribution in [-0.2, 0) is 16.1 Å². The lowest BCUT2D eigenvalue weighted by atomic mass is 10.1. The third-order valence-electron chi connectivity index (χ3n) is 6.41. The largest absolute Gasteiger partial charge is 0.318 e. The van der Waals surface area contributed by atoms with Crippen molar-refractivity contribution in [2.75, 3.05) is 16.3 Å². The molecule has 0 N–H and O–H groups in total. The van der Waals surface area contributed by atoms with Crippen molar-refractivity contribution in [1.82, 2.24) is 9.55 Å². The van der Waals surface area contributed by atoms with Crippen LogP contribution in [-0.4, -0.2) is 34.0 Å². The van der Waals surface area contributed by atoms with Gasteiger partial charge in [0.05, 0.1) is 11.0 Å². The highest BCUT2D eigenvalue weighted by atomic mass is 35.5. The van der Waals surface area contributed by atoms with E-state index in [2.05, 4.69) is 0 Å². The van der Waals surface area contributed by atoms with E-state index in [0.717, 1.165) is 28.2 Å². The minimum absolute atomic E-state index is 0.00508. The Morgan fingerprint density at radius 1 is 1.06 bits per heavy atom. The van der Waals surface area contributed by atoms with E-state index in [4.69, 9.17) is 16.6 Å². The number of rotatable bonds is 6. The molecule has 1 unspecified atom stereocenters. The van der Waals surface area contributed by atoms with E-state index in [9.17, 15) is 9.59 Å². The molecule has 178 valence electrons. The number of anilines is 2. The van der Waals surface area contributed by atoms with Gasteiger partial charge in [-0.25, -0.2) is 4.98 Å². The third-order valence-corrected chi connectivity index (χ3v) is 6.64. The quantitative estimate of drug-likeness (QED) is 0.354. The second-order valence-corrected chi connectivity index (χ2v) is 9.56. The summed E-state index contributed by atoms with van der Waals surface area (Å²) in [4.78, 5) is 35.1. The SMILES string of the molecule is CC(C)N(C(=O)Cn1c(C2CC(=O)N(c3cccc(Cl)c3)C2)nc2ccccc21)c1ccccc1. The maximum Gasteiger partial charge on any atom is 0.247 e. The van der Waals surface area contributed by atoms with Crippen LogP contribution in [0.2, 0.25) is 5.02 Å². The van der Waals surface area contributed by atoms with Crippen molar-refractivity contribution in [3.8, 4) is 0 Å². The molecule has 0 radical (unpaired) electrons. The number of amides is 2. The number of hydrogen-bond donors (Lipinski definition) is 0. The average Bonchev–Trinajstić information content (AvgIpc) is 3.40. The fraction of sp³-hybridized carbons (Fsp3) is 0.250. The van der Waals surface area contributed by atoms with Gasteiger partial charge < -0.3 is 14.4 Å². The van der Waals surface area contributed by atoms with E-state index in [-0.39, 0.29) is 30.3 Å². The number of fused-ring (bicyclic) bond motifs is 1. The number of carbonyl (C=O) groups excluding carboxylic acids is 2. The third kappa shape index (κ3) is 4.54. The summed E-state index contributed by atoms with van der Waals surface area (Å²) < 4.78 is 1.98. The maximum atomic E-state index is 13.6. The minimum Gasteiger partial charge on any atom is -0.318 e. The van der Waals surface area contributed by atoms with Crippen LogP contribution in [0.4, 0.5) is 11.4 Å². The fourth-order valence-corrected chi connectivity index (χ4v) is 5.06. The van der Waals surface area contributed by atoms with Crippen LogP contribution in [0.25, 0.3) is 11.0 Å². The van der Waals surface area contributed by atoms with E-state index in [0.29, 0.717) is 18.0 Å². The molecule has 1 aliphatic heterocycles. The number of carbonyl (C=O) groups is 2. The molecule has 7 heteroatoms. The van der Waals surface area contributed by atoms with Gasteiger partial charge in [0.1, 0.15) is 12.4 Å². The highest BCUT2D eigenvalue weighted by molar-refractivity contribution is 6.30. The van der Waals surface area contributed by atoms with E-state index >= 15 is 0 Å². The van der Waals surface area contributed by atoms with Crippen LogP contribution >= 0.6 is 11.6 Å². The van der Waals surface area contributed by atoms with Gasteiger partial charge in [-0.15, -0.1) is 0 Å². The zero-order valence-corrected chi connectivity index (χ0v) is 20.5. The zero-order valence-electron chi connectivity index (χ0n) is 19.8. The topological polar surface area (TPSA) is 58.4 Å². The number of benzene rings is 3. The van der Waals surface area contributed by atoms with E-state index in [1.165, 1.54) is 0 Å². The lowest BCUT2D eigenvalue weighted by Crippen LogP contribution is -2.39. The van der Waals surface area contributed by atoms with E-state index < -0.39 is 0 Å². The Morgan fingerprint density at radius 2 is 1.80 bits per heavy atom. The molecular formula is C28H27ClN4O2. The monoisotopic (exact) mass is 486 g/mol. The molecule has 5 rings (SSSR count). The van der Waals surface area contributed by atoms with Crippen LogP contribution in [0.3, 0.4) is 0 Å². The maximum absolute atomic E-state index is 13.6. The second kappa shape index (κ2) is 9.55. The van der Waals surface area contributed by atoms with Gasteiger partial charge in [0, 0.05) is 41.3 Å². The first-order chi connectivity index (χ1) is 16.9. The Bertz CT molecular complexity index is 1380. The minimum atomic E-state index is -0.133. The van der Waals surface area contributed by atoms with Gasteiger partial charge in [-0.05, 0) is 56.3 Å². The number of nitrogens with zero attached hydrogens (tertiary/aromatic N) is 4. The first kappa shape index (κ1) is 23.1. The molecule has 2 heterocycles. The smallest absolute Gasteiger partial charge is 0.247 e. The molecule has 1 aliphatic rings. The Labute approximate surface area is 209 Å². The van der Waals surface area contributed by atoms with Crippen LogP contribution in [0, 0.1) is 0 Å². The molecule has 0 spiro atoms. The van der Waals surface area contributed by atoms with Crippen molar-refractivity contribution >= 4 is 45.8 Å². The van der Waals surface area contributed by atoms with Crippen LogP contribution < -0.4 is 9.80 Å². The fourth-order valence-electron chi connectivity index (χ4n) is 4.88.